The van der Waals surface area contributed by atoms with E-state index in [9.17, 15) is 18.0 Å². The van der Waals surface area contributed by atoms with Gasteiger partial charge in [0.15, 0.2) is 0 Å². The predicted molar refractivity (Wildman–Crippen MR) is 105 cm³/mol. The number of carbonyl (C=O) groups excluding carboxylic acids is 1. The zero-order valence-electron chi connectivity index (χ0n) is 16.7. The standard InChI is InChI=1S/C19H21F3N8O/c1-28-12-14(10-24-28)26-18-23-5-2-16(27-18)13-9-25-30(11-13)15-3-6-29(7-4-15)17(31)8-19(20,21)22/h2,5,9-12,15H,3-4,6-8H2,1H3,(H,23,26,27). The Morgan fingerprint density at radius 2 is 1.97 bits per heavy atom. The minimum absolute atomic E-state index is 0.0125. The fourth-order valence-corrected chi connectivity index (χ4v) is 3.53. The minimum atomic E-state index is -4.48. The molecule has 0 radical (unpaired) electrons. The molecule has 1 fully saturated rings. The molecule has 164 valence electrons. The fourth-order valence-electron chi connectivity index (χ4n) is 3.53. The number of carbonyl (C=O) groups is 1. The molecule has 1 aliphatic rings. The van der Waals surface area contributed by atoms with Crippen LogP contribution in [0.5, 0.6) is 0 Å². The van der Waals surface area contributed by atoms with Crippen molar-refractivity contribution in [3.05, 3.63) is 37.1 Å². The van der Waals surface area contributed by atoms with Crippen molar-refractivity contribution in [2.24, 2.45) is 7.05 Å². The van der Waals surface area contributed by atoms with Crippen LogP contribution in [0.2, 0.25) is 0 Å². The van der Waals surface area contributed by atoms with E-state index in [-0.39, 0.29) is 19.1 Å². The van der Waals surface area contributed by atoms with Crippen molar-refractivity contribution in [3.8, 4) is 11.3 Å². The second-order valence-electron chi connectivity index (χ2n) is 7.41. The van der Waals surface area contributed by atoms with Gasteiger partial charge in [-0.1, -0.05) is 0 Å². The van der Waals surface area contributed by atoms with Crippen molar-refractivity contribution in [2.45, 2.75) is 31.5 Å². The van der Waals surface area contributed by atoms with Crippen LogP contribution in [0.3, 0.4) is 0 Å². The van der Waals surface area contributed by atoms with Gasteiger partial charge in [0.25, 0.3) is 0 Å². The molecule has 3 aromatic rings. The molecule has 31 heavy (non-hydrogen) atoms. The number of piperidine rings is 1. The first kappa shape index (κ1) is 20.8. The molecule has 12 heteroatoms. The summed E-state index contributed by atoms with van der Waals surface area (Å²) < 4.78 is 40.8. The monoisotopic (exact) mass is 434 g/mol. The summed E-state index contributed by atoms with van der Waals surface area (Å²) in [6.45, 7) is 0.558. The Morgan fingerprint density at radius 1 is 1.19 bits per heavy atom. The van der Waals surface area contributed by atoms with Gasteiger partial charge in [-0.15, -0.1) is 0 Å². The van der Waals surface area contributed by atoms with E-state index in [4.69, 9.17) is 0 Å². The SMILES string of the molecule is Cn1cc(Nc2nccc(-c3cnn(C4CCN(C(=O)CC(F)(F)F)CC4)c3)n2)cn1. The van der Waals surface area contributed by atoms with Crippen LogP contribution in [-0.2, 0) is 11.8 Å². The number of nitrogens with zero attached hydrogens (tertiary/aromatic N) is 7. The summed E-state index contributed by atoms with van der Waals surface area (Å²) >= 11 is 0. The number of anilines is 2. The molecule has 4 heterocycles. The molecule has 0 bridgehead atoms. The first-order chi connectivity index (χ1) is 14.8. The highest BCUT2D eigenvalue weighted by Crippen LogP contribution is 2.27. The van der Waals surface area contributed by atoms with Gasteiger partial charge in [-0.3, -0.25) is 14.2 Å². The molecule has 0 spiro atoms. The third-order valence-electron chi connectivity index (χ3n) is 5.06. The van der Waals surface area contributed by atoms with E-state index in [0.717, 1.165) is 11.3 Å². The lowest BCUT2D eigenvalue weighted by Crippen LogP contribution is -2.40. The topological polar surface area (TPSA) is 93.8 Å². The van der Waals surface area contributed by atoms with Crippen molar-refractivity contribution in [2.75, 3.05) is 18.4 Å². The van der Waals surface area contributed by atoms with Gasteiger partial charge in [-0.05, 0) is 18.9 Å². The highest BCUT2D eigenvalue weighted by Gasteiger charge is 2.35. The van der Waals surface area contributed by atoms with E-state index in [1.54, 1.807) is 40.2 Å². The Balaban J connectivity index is 1.39. The lowest BCUT2D eigenvalue weighted by Gasteiger charge is -2.32. The van der Waals surface area contributed by atoms with Crippen LogP contribution in [0.15, 0.2) is 37.1 Å². The molecule has 3 aromatic heterocycles. The Labute approximate surface area is 175 Å². The summed E-state index contributed by atoms with van der Waals surface area (Å²) in [6, 6.07) is 1.78. The van der Waals surface area contributed by atoms with Gasteiger partial charge in [0.05, 0.1) is 29.8 Å². The lowest BCUT2D eigenvalue weighted by molar-refractivity contribution is -0.162. The van der Waals surface area contributed by atoms with Crippen LogP contribution in [0, 0.1) is 0 Å². The summed E-state index contributed by atoms with van der Waals surface area (Å²) in [5, 5.41) is 11.6. The van der Waals surface area contributed by atoms with E-state index < -0.39 is 18.5 Å². The van der Waals surface area contributed by atoms with Crippen molar-refractivity contribution in [1.82, 2.24) is 34.4 Å². The highest BCUT2D eigenvalue weighted by molar-refractivity contribution is 5.76. The maximum atomic E-state index is 12.4. The van der Waals surface area contributed by atoms with Crippen LogP contribution >= 0.6 is 0 Å². The number of aryl methyl sites for hydroxylation is 1. The van der Waals surface area contributed by atoms with E-state index in [2.05, 4.69) is 25.5 Å². The largest absolute Gasteiger partial charge is 0.397 e. The maximum absolute atomic E-state index is 12.4. The third-order valence-corrected chi connectivity index (χ3v) is 5.06. The van der Waals surface area contributed by atoms with Gasteiger partial charge in [-0.2, -0.15) is 23.4 Å². The molecule has 1 N–H and O–H groups in total. The summed E-state index contributed by atoms with van der Waals surface area (Å²) in [7, 11) is 1.81. The number of hydrogen-bond acceptors (Lipinski definition) is 6. The van der Waals surface area contributed by atoms with Crippen LogP contribution in [0.4, 0.5) is 24.8 Å². The smallest absolute Gasteiger partial charge is 0.342 e. The highest BCUT2D eigenvalue weighted by atomic mass is 19.4. The maximum Gasteiger partial charge on any atom is 0.397 e. The molecule has 0 aliphatic carbocycles. The molecule has 0 saturated carbocycles. The minimum Gasteiger partial charge on any atom is -0.342 e. The molecular weight excluding hydrogens is 413 g/mol. The number of nitrogens with one attached hydrogen (secondary N) is 1. The van der Waals surface area contributed by atoms with Crippen molar-refractivity contribution < 1.29 is 18.0 Å². The number of hydrogen-bond donors (Lipinski definition) is 1. The van der Waals surface area contributed by atoms with Crippen LogP contribution in [0.1, 0.15) is 25.3 Å². The molecular formula is C19H21F3N8O. The average Bonchev–Trinajstić information content (AvgIpc) is 3.36. The number of likely N-dealkylation sites (tertiary alicyclic amines) is 1. The van der Waals surface area contributed by atoms with Gasteiger partial charge in [0, 0.05) is 44.3 Å². The van der Waals surface area contributed by atoms with E-state index >= 15 is 0 Å². The van der Waals surface area contributed by atoms with Crippen LogP contribution in [-0.4, -0.2) is 59.6 Å². The van der Waals surface area contributed by atoms with Gasteiger partial charge in [-0.25, -0.2) is 9.97 Å². The average molecular weight is 434 g/mol. The predicted octanol–water partition coefficient (Wildman–Crippen LogP) is 2.93. The Bertz CT molecular complexity index is 1050. The Hall–Kier alpha value is -3.44. The summed E-state index contributed by atoms with van der Waals surface area (Å²) in [4.78, 5) is 21.8. The Morgan fingerprint density at radius 3 is 2.65 bits per heavy atom. The number of amides is 1. The molecule has 4 rings (SSSR count). The Kier molecular flexibility index (Phi) is 5.61. The number of aromatic nitrogens is 6. The van der Waals surface area contributed by atoms with Crippen LogP contribution < -0.4 is 5.32 Å². The number of alkyl halides is 3. The van der Waals surface area contributed by atoms with E-state index in [1.165, 1.54) is 4.90 Å². The molecule has 9 nitrogen and oxygen atoms in total. The van der Waals surface area contributed by atoms with Gasteiger partial charge >= 0.3 is 6.18 Å². The number of halogens is 3. The molecule has 0 unspecified atom stereocenters. The lowest BCUT2D eigenvalue weighted by atomic mass is 10.0. The quantitative estimate of drug-likeness (QED) is 0.664. The normalized spacial score (nSPS) is 15.3. The second kappa shape index (κ2) is 8.36. The zero-order valence-corrected chi connectivity index (χ0v) is 16.7. The third kappa shape index (κ3) is 5.19. The van der Waals surface area contributed by atoms with E-state index in [1.807, 2.05) is 13.2 Å². The summed E-state index contributed by atoms with van der Waals surface area (Å²) in [5.74, 6) is -0.448. The molecule has 1 saturated heterocycles. The molecule has 0 aromatic carbocycles. The summed E-state index contributed by atoms with van der Waals surface area (Å²) in [5.41, 5.74) is 2.25. The first-order valence-electron chi connectivity index (χ1n) is 9.74. The van der Waals surface area contributed by atoms with Gasteiger partial charge < -0.3 is 10.2 Å². The van der Waals surface area contributed by atoms with Crippen LogP contribution in [0.25, 0.3) is 11.3 Å². The molecule has 0 atom stereocenters. The van der Waals surface area contributed by atoms with Gasteiger partial charge in [0.2, 0.25) is 11.9 Å². The fraction of sp³-hybridized carbons (Fsp3) is 0.421. The number of rotatable bonds is 5. The van der Waals surface area contributed by atoms with Gasteiger partial charge in [0.1, 0.15) is 6.42 Å². The molecule has 1 amide bonds. The summed E-state index contributed by atoms with van der Waals surface area (Å²) in [6.07, 6.45) is 3.86. The molecule has 1 aliphatic heterocycles. The van der Waals surface area contributed by atoms with Crippen molar-refractivity contribution in [1.29, 1.82) is 0 Å². The van der Waals surface area contributed by atoms with Crippen molar-refractivity contribution >= 4 is 17.5 Å². The zero-order chi connectivity index (χ0) is 22.0. The second-order valence-corrected chi connectivity index (χ2v) is 7.41. The van der Waals surface area contributed by atoms with E-state index in [0.29, 0.717) is 24.5 Å². The van der Waals surface area contributed by atoms with Crippen molar-refractivity contribution in [3.63, 3.8) is 0 Å². The first-order valence-corrected chi connectivity index (χ1v) is 9.74.